The predicted molar refractivity (Wildman–Crippen MR) is 167 cm³/mol. The number of aromatic amines is 1. The molecule has 0 saturated heterocycles. The first-order chi connectivity index (χ1) is 21.0. The van der Waals surface area contributed by atoms with E-state index >= 15 is 0 Å². The monoisotopic (exact) mass is 587 g/mol. The van der Waals surface area contributed by atoms with E-state index in [-0.39, 0.29) is 22.7 Å². The van der Waals surface area contributed by atoms with E-state index in [1.165, 1.54) is 6.08 Å². The molecular weight excluding hydrogens is 562 g/mol. The first-order valence-corrected chi connectivity index (χ1v) is 14.3. The fourth-order valence-corrected chi connectivity index (χ4v) is 4.83. The number of carbonyl (C=O) groups is 2. The maximum Gasteiger partial charge on any atom is 0.277 e. The summed E-state index contributed by atoms with van der Waals surface area (Å²) < 4.78 is 10.9. The number of imidazole rings is 1. The number of hydrogen-bond donors (Lipinski definition) is 2. The molecule has 9 nitrogen and oxygen atoms in total. The zero-order valence-electron chi connectivity index (χ0n) is 23.0. The number of nitrogens with one attached hydrogen (secondary N) is 2. The molecule has 0 aliphatic rings. The third-order valence-corrected chi connectivity index (χ3v) is 7.34. The van der Waals surface area contributed by atoms with Gasteiger partial charge in [-0.25, -0.2) is 4.98 Å². The van der Waals surface area contributed by atoms with E-state index in [2.05, 4.69) is 25.5 Å². The summed E-state index contributed by atoms with van der Waals surface area (Å²) in [6.45, 7) is 0. The lowest BCUT2D eigenvalue weighted by molar-refractivity contribution is -0.113. The van der Waals surface area contributed by atoms with Gasteiger partial charge in [0.15, 0.2) is 5.78 Å². The molecule has 0 spiro atoms. The highest BCUT2D eigenvalue weighted by Crippen LogP contribution is 2.27. The van der Waals surface area contributed by atoms with E-state index in [0.29, 0.717) is 17.1 Å². The summed E-state index contributed by atoms with van der Waals surface area (Å²) in [5, 5.41) is 11.3. The number of para-hydroxylation sites is 2. The van der Waals surface area contributed by atoms with Crippen LogP contribution in [0.4, 0.5) is 5.69 Å². The van der Waals surface area contributed by atoms with Crippen molar-refractivity contribution in [3.63, 3.8) is 0 Å². The number of methoxy groups -OCH3 is 1. The van der Waals surface area contributed by atoms with Crippen LogP contribution in [0.5, 0.6) is 5.75 Å². The Morgan fingerprint density at radius 1 is 0.907 bits per heavy atom. The zero-order valence-corrected chi connectivity index (χ0v) is 23.8. The van der Waals surface area contributed by atoms with Crippen LogP contribution >= 0.6 is 11.8 Å². The van der Waals surface area contributed by atoms with Gasteiger partial charge < -0.3 is 19.5 Å². The van der Waals surface area contributed by atoms with Gasteiger partial charge >= 0.3 is 0 Å². The topological polar surface area (TPSA) is 123 Å². The molecule has 2 N–H and O–H groups in total. The average molecular weight is 588 g/mol. The Morgan fingerprint density at radius 2 is 1.65 bits per heavy atom. The summed E-state index contributed by atoms with van der Waals surface area (Å²) in [5.41, 5.74) is 5.57. The minimum Gasteiger partial charge on any atom is -0.497 e. The molecule has 0 bridgehead atoms. The number of hydrogen-bond acceptors (Lipinski definition) is 8. The zero-order chi connectivity index (χ0) is 29.6. The lowest BCUT2D eigenvalue weighted by atomic mass is 10.1. The van der Waals surface area contributed by atoms with Crippen LogP contribution in [0.1, 0.15) is 15.9 Å². The molecule has 2 aromatic heterocycles. The molecule has 0 saturated carbocycles. The summed E-state index contributed by atoms with van der Waals surface area (Å²) in [6.07, 6.45) is 3.26. The van der Waals surface area contributed by atoms with Crippen molar-refractivity contribution in [1.29, 1.82) is 0 Å². The van der Waals surface area contributed by atoms with Gasteiger partial charge in [0, 0.05) is 22.4 Å². The van der Waals surface area contributed by atoms with E-state index < -0.39 is 0 Å². The van der Waals surface area contributed by atoms with Crippen molar-refractivity contribution in [1.82, 2.24) is 20.2 Å². The van der Waals surface area contributed by atoms with Gasteiger partial charge in [-0.15, -0.1) is 10.2 Å². The maximum atomic E-state index is 12.5. The molecule has 0 aliphatic heterocycles. The molecule has 6 aromatic rings. The van der Waals surface area contributed by atoms with Gasteiger partial charge in [-0.1, -0.05) is 54.2 Å². The van der Waals surface area contributed by atoms with E-state index in [1.807, 2.05) is 72.8 Å². The molecule has 0 unspecified atom stereocenters. The van der Waals surface area contributed by atoms with Gasteiger partial charge in [0.1, 0.15) is 11.6 Å². The number of carbonyl (C=O) groups excluding carboxylic acids is 2. The third kappa shape index (κ3) is 6.71. The summed E-state index contributed by atoms with van der Waals surface area (Å²) >= 11 is 1.14. The molecule has 1 amide bonds. The Labute approximate surface area is 251 Å². The van der Waals surface area contributed by atoms with Crippen LogP contribution in [0.3, 0.4) is 0 Å². The fourth-order valence-electron chi connectivity index (χ4n) is 4.27. The van der Waals surface area contributed by atoms with Crippen LogP contribution in [-0.4, -0.2) is 44.7 Å². The van der Waals surface area contributed by atoms with Crippen molar-refractivity contribution in [2.75, 3.05) is 18.2 Å². The number of allylic oxidation sites excluding steroid dienone is 1. The minimum atomic E-state index is -0.238. The molecule has 0 aliphatic carbocycles. The van der Waals surface area contributed by atoms with Crippen molar-refractivity contribution in [2.45, 2.75) is 5.22 Å². The third-order valence-electron chi connectivity index (χ3n) is 6.52. The Bertz CT molecular complexity index is 1880. The van der Waals surface area contributed by atoms with Crippen molar-refractivity contribution in [3.05, 3.63) is 114 Å². The van der Waals surface area contributed by atoms with Crippen molar-refractivity contribution in [3.8, 4) is 28.6 Å². The molecule has 43 heavy (non-hydrogen) atoms. The summed E-state index contributed by atoms with van der Waals surface area (Å²) in [4.78, 5) is 33.0. The van der Waals surface area contributed by atoms with Crippen LogP contribution in [0.2, 0.25) is 0 Å². The predicted octanol–water partition coefficient (Wildman–Crippen LogP) is 6.92. The molecule has 0 radical (unpaired) electrons. The number of ether oxygens (including phenoxy) is 1. The van der Waals surface area contributed by atoms with Crippen LogP contribution in [0.25, 0.3) is 40.0 Å². The molecule has 10 heteroatoms. The smallest absolute Gasteiger partial charge is 0.277 e. The molecule has 6 rings (SSSR count). The van der Waals surface area contributed by atoms with Crippen molar-refractivity contribution >= 4 is 46.2 Å². The summed E-state index contributed by atoms with van der Waals surface area (Å²) in [5.74, 6) is 1.60. The summed E-state index contributed by atoms with van der Waals surface area (Å²) in [7, 11) is 1.61. The highest BCUT2D eigenvalue weighted by atomic mass is 32.2. The molecule has 212 valence electrons. The Morgan fingerprint density at radius 3 is 2.40 bits per heavy atom. The Balaban J connectivity index is 0.998. The van der Waals surface area contributed by atoms with Gasteiger partial charge in [0.25, 0.3) is 5.22 Å². The van der Waals surface area contributed by atoms with Crippen LogP contribution < -0.4 is 10.1 Å². The minimum absolute atomic E-state index is 0.0813. The lowest BCUT2D eigenvalue weighted by Gasteiger charge is -2.05. The number of amides is 1. The van der Waals surface area contributed by atoms with E-state index in [9.17, 15) is 9.59 Å². The van der Waals surface area contributed by atoms with Crippen LogP contribution in [0, 0.1) is 0 Å². The second-order valence-corrected chi connectivity index (χ2v) is 10.4. The number of benzene rings is 4. The van der Waals surface area contributed by atoms with Gasteiger partial charge in [0.05, 0.1) is 23.9 Å². The number of nitrogens with zero attached hydrogens (tertiary/aromatic N) is 3. The molecule has 0 atom stereocenters. The fraction of sp³-hybridized carbons (Fsp3) is 0.0606. The SMILES string of the molecule is COc1ccc(/C=C/C(=O)c2ccc(NC(=O)CSc3nnc(-c4ccc(-c5nc6ccccc6[nH]5)cc4)o3)cc2)cc1. The molecule has 2 heterocycles. The van der Waals surface area contributed by atoms with Gasteiger partial charge in [-0.3, -0.25) is 9.59 Å². The van der Waals surface area contributed by atoms with Crippen LogP contribution in [0.15, 0.2) is 113 Å². The lowest BCUT2D eigenvalue weighted by Crippen LogP contribution is -2.14. The normalized spacial score (nSPS) is 11.2. The van der Waals surface area contributed by atoms with Gasteiger partial charge in [-0.05, 0) is 72.3 Å². The molecule has 4 aromatic carbocycles. The first kappa shape index (κ1) is 27.7. The number of fused-ring (bicyclic) bond motifs is 1. The molecule has 0 fully saturated rings. The average Bonchev–Trinajstić information content (AvgIpc) is 3.71. The van der Waals surface area contributed by atoms with E-state index in [1.54, 1.807) is 37.5 Å². The number of aromatic nitrogens is 4. The standard InChI is InChI=1S/C33H25N5O4S/c1-41-26-17-6-21(7-18-26)8-19-29(39)22-13-15-25(16-14-22)34-30(40)20-43-33-38-37-32(42-33)24-11-9-23(10-12-24)31-35-27-4-2-3-5-28(27)36-31/h2-19H,20H2,1H3,(H,34,40)(H,35,36)/b19-8+. The van der Waals surface area contributed by atoms with E-state index in [4.69, 9.17) is 9.15 Å². The van der Waals surface area contributed by atoms with Gasteiger partial charge in [-0.2, -0.15) is 0 Å². The van der Waals surface area contributed by atoms with Gasteiger partial charge in [0.2, 0.25) is 11.8 Å². The van der Waals surface area contributed by atoms with E-state index in [0.717, 1.165) is 51.1 Å². The second-order valence-electron chi connectivity index (χ2n) is 9.44. The highest BCUT2D eigenvalue weighted by Gasteiger charge is 2.13. The Hall–Kier alpha value is -5.48. The summed E-state index contributed by atoms with van der Waals surface area (Å²) in [6, 6.07) is 29.7. The number of anilines is 1. The number of rotatable bonds is 10. The quantitative estimate of drug-likeness (QED) is 0.101. The largest absolute Gasteiger partial charge is 0.497 e. The Kier molecular flexibility index (Phi) is 8.10. The second kappa shape index (κ2) is 12.6. The first-order valence-electron chi connectivity index (χ1n) is 13.3. The highest BCUT2D eigenvalue weighted by molar-refractivity contribution is 7.99. The van der Waals surface area contributed by atoms with Crippen LogP contribution in [-0.2, 0) is 4.79 Å². The molecular formula is C33H25N5O4S. The van der Waals surface area contributed by atoms with Crippen molar-refractivity contribution in [2.24, 2.45) is 0 Å². The number of thioether (sulfide) groups is 1. The number of ketones is 1. The van der Waals surface area contributed by atoms with Crippen molar-refractivity contribution < 1.29 is 18.7 Å². The number of H-pyrrole nitrogens is 1. The maximum absolute atomic E-state index is 12.5.